The molecule has 0 aliphatic rings. The molecule has 114 valence electrons. The lowest BCUT2D eigenvalue weighted by Crippen LogP contribution is -2.41. The Hall–Kier alpha value is -1.62. The fourth-order valence-electron chi connectivity index (χ4n) is 1.79. The number of carbonyl (C=O) groups excluding carboxylic acids is 2. The van der Waals surface area contributed by atoms with Gasteiger partial charge in [-0.1, -0.05) is 41.9 Å². The van der Waals surface area contributed by atoms with Crippen LogP contribution in [0.15, 0.2) is 34.8 Å². The van der Waals surface area contributed by atoms with Crippen LogP contribution in [0.5, 0.6) is 0 Å². The molecule has 0 spiro atoms. The fraction of sp³-hybridized carbons (Fsp3) is 0.375. The van der Waals surface area contributed by atoms with E-state index in [9.17, 15) is 9.59 Å². The number of rotatable bonds is 6. The third kappa shape index (κ3) is 6.58. The number of hydrogen-bond acceptors (Lipinski definition) is 3. The Kier molecular flexibility index (Phi) is 7.15. The summed E-state index contributed by atoms with van der Waals surface area (Å²) >= 11 is 3.35. The van der Waals surface area contributed by atoms with Gasteiger partial charge in [0.15, 0.2) is 0 Å². The van der Waals surface area contributed by atoms with E-state index in [-0.39, 0.29) is 11.8 Å². The molecule has 1 amide bonds. The molecule has 5 heteroatoms. The smallest absolute Gasteiger partial charge is 0.328 e. The maximum Gasteiger partial charge on any atom is 0.328 e. The largest absolute Gasteiger partial charge is 0.467 e. The van der Waals surface area contributed by atoms with Crippen LogP contribution < -0.4 is 5.32 Å². The van der Waals surface area contributed by atoms with Crippen molar-refractivity contribution in [3.05, 3.63) is 40.4 Å². The molecule has 0 fully saturated rings. The van der Waals surface area contributed by atoms with Crippen molar-refractivity contribution in [2.45, 2.75) is 26.3 Å². The Morgan fingerprint density at radius 2 is 1.90 bits per heavy atom. The highest BCUT2D eigenvalue weighted by Crippen LogP contribution is 2.11. The zero-order valence-corrected chi connectivity index (χ0v) is 14.0. The van der Waals surface area contributed by atoms with Crippen LogP contribution in [0.2, 0.25) is 0 Å². The molecule has 21 heavy (non-hydrogen) atoms. The lowest BCUT2D eigenvalue weighted by Gasteiger charge is -2.17. The quantitative estimate of drug-likeness (QED) is 0.631. The molecule has 1 N–H and O–H groups in total. The molecular weight excluding hydrogens is 334 g/mol. The Labute approximate surface area is 133 Å². The molecule has 0 aromatic heterocycles. The van der Waals surface area contributed by atoms with Gasteiger partial charge in [0.25, 0.3) is 0 Å². The van der Waals surface area contributed by atoms with E-state index in [2.05, 4.69) is 21.2 Å². The molecule has 1 rings (SSSR count). The van der Waals surface area contributed by atoms with E-state index in [0.29, 0.717) is 6.42 Å². The predicted molar refractivity (Wildman–Crippen MR) is 86.6 cm³/mol. The summed E-state index contributed by atoms with van der Waals surface area (Å²) in [5.41, 5.74) is 0.909. The van der Waals surface area contributed by atoms with Crippen LogP contribution >= 0.6 is 15.9 Å². The van der Waals surface area contributed by atoms with Crippen molar-refractivity contribution in [2.75, 3.05) is 7.11 Å². The van der Waals surface area contributed by atoms with E-state index in [1.807, 2.05) is 38.1 Å². The Bertz CT molecular complexity index is 509. The second-order valence-corrected chi connectivity index (χ2v) is 6.01. The van der Waals surface area contributed by atoms with Gasteiger partial charge in [0.2, 0.25) is 5.91 Å². The van der Waals surface area contributed by atoms with E-state index in [1.54, 1.807) is 6.08 Å². The number of halogens is 1. The number of ether oxygens (including phenoxy) is 1. The van der Waals surface area contributed by atoms with E-state index >= 15 is 0 Å². The van der Waals surface area contributed by atoms with Gasteiger partial charge in [-0.25, -0.2) is 4.79 Å². The van der Waals surface area contributed by atoms with Crippen LogP contribution in [-0.2, 0) is 14.3 Å². The molecule has 0 saturated carbocycles. The van der Waals surface area contributed by atoms with Gasteiger partial charge in [0.05, 0.1) is 7.11 Å². The minimum absolute atomic E-state index is 0.282. The molecule has 1 aromatic carbocycles. The topological polar surface area (TPSA) is 55.4 Å². The van der Waals surface area contributed by atoms with Gasteiger partial charge in [-0.15, -0.1) is 0 Å². The van der Waals surface area contributed by atoms with Gasteiger partial charge in [-0.2, -0.15) is 0 Å². The Balaban J connectivity index is 2.64. The molecule has 1 aromatic rings. The van der Waals surface area contributed by atoms with Crippen molar-refractivity contribution in [3.63, 3.8) is 0 Å². The number of esters is 1. The van der Waals surface area contributed by atoms with Crippen LogP contribution in [-0.4, -0.2) is 25.0 Å². The van der Waals surface area contributed by atoms with E-state index in [0.717, 1.165) is 10.0 Å². The zero-order valence-electron chi connectivity index (χ0n) is 12.4. The molecule has 0 saturated heterocycles. The lowest BCUT2D eigenvalue weighted by atomic mass is 10.0. The first kappa shape index (κ1) is 17.4. The van der Waals surface area contributed by atoms with Gasteiger partial charge in [0, 0.05) is 10.5 Å². The average molecular weight is 354 g/mol. The van der Waals surface area contributed by atoms with Gasteiger partial charge >= 0.3 is 5.97 Å². The van der Waals surface area contributed by atoms with Crippen LogP contribution in [0.25, 0.3) is 6.08 Å². The second kappa shape index (κ2) is 8.62. The normalized spacial score (nSPS) is 12.4. The molecular formula is C16H20BrNO3. The first-order valence-electron chi connectivity index (χ1n) is 6.74. The number of nitrogens with one attached hydrogen (secondary N) is 1. The summed E-state index contributed by atoms with van der Waals surface area (Å²) in [5, 5.41) is 2.67. The molecule has 0 aliphatic carbocycles. The van der Waals surface area contributed by atoms with Crippen LogP contribution in [0, 0.1) is 5.92 Å². The maximum absolute atomic E-state index is 11.9. The average Bonchev–Trinajstić information content (AvgIpc) is 2.44. The van der Waals surface area contributed by atoms with E-state index in [1.165, 1.54) is 13.2 Å². The van der Waals surface area contributed by atoms with Crippen molar-refractivity contribution in [2.24, 2.45) is 5.92 Å². The summed E-state index contributed by atoms with van der Waals surface area (Å²) < 4.78 is 5.69. The van der Waals surface area contributed by atoms with Gasteiger partial charge in [-0.05, 0) is 36.1 Å². The first-order chi connectivity index (χ1) is 9.92. The van der Waals surface area contributed by atoms with Crippen molar-refractivity contribution < 1.29 is 14.3 Å². The third-order valence-electron chi connectivity index (χ3n) is 2.81. The number of methoxy groups -OCH3 is 1. The van der Waals surface area contributed by atoms with Crippen molar-refractivity contribution in [1.29, 1.82) is 0 Å². The molecule has 0 radical (unpaired) electrons. The molecule has 1 unspecified atom stereocenters. The second-order valence-electron chi connectivity index (χ2n) is 5.10. The van der Waals surface area contributed by atoms with Crippen LogP contribution in [0.1, 0.15) is 25.8 Å². The summed E-state index contributed by atoms with van der Waals surface area (Å²) in [4.78, 5) is 23.5. The highest BCUT2D eigenvalue weighted by molar-refractivity contribution is 9.10. The van der Waals surface area contributed by atoms with Crippen molar-refractivity contribution in [3.8, 4) is 0 Å². The summed E-state index contributed by atoms with van der Waals surface area (Å²) in [5.74, 6) is -0.451. The van der Waals surface area contributed by atoms with Crippen LogP contribution in [0.3, 0.4) is 0 Å². The number of benzene rings is 1. The van der Waals surface area contributed by atoms with Gasteiger partial charge < -0.3 is 10.1 Å². The molecule has 0 bridgehead atoms. The van der Waals surface area contributed by atoms with Crippen LogP contribution in [0.4, 0.5) is 0 Å². The lowest BCUT2D eigenvalue weighted by molar-refractivity contribution is -0.145. The standard InChI is InChI=1S/C16H20BrNO3/c1-11(2)10-14(16(20)21-3)18-15(19)9-6-12-4-7-13(17)8-5-12/h4-9,11,14H,10H2,1-3H3,(H,18,19)/b9-6+. The number of hydrogen-bond donors (Lipinski definition) is 1. The van der Waals surface area contributed by atoms with Gasteiger partial charge in [0.1, 0.15) is 6.04 Å². The Morgan fingerprint density at radius 3 is 2.43 bits per heavy atom. The molecule has 0 aliphatic heterocycles. The fourth-order valence-corrected chi connectivity index (χ4v) is 2.06. The highest BCUT2D eigenvalue weighted by Gasteiger charge is 2.21. The maximum atomic E-state index is 11.9. The zero-order chi connectivity index (χ0) is 15.8. The minimum atomic E-state index is -0.614. The monoisotopic (exact) mass is 353 g/mol. The molecule has 4 nitrogen and oxygen atoms in total. The van der Waals surface area contributed by atoms with E-state index in [4.69, 9.17) is 4.74 Å². The van der Waals surface area contributed by atoms with Crippen molar-refractivity contribution in [1.82, 2.24) is 5.32 Å². The van der Waals surface area contributed by atoms with Gasteiger partial charge in [-0.3, -0.25) is 4.79 Å². The predicted octanol–water partition coefficient (Wildman–Crippen LogP) is 3.17. The Morgan fingerprint density at radius 1 is 1.29 bits per heavy atom. The van der Waals surface area contributed by atoms with Crippen molar-refractivity contribution >= 4 is 33.9 Å². The molecule has 1 atom stereocenters. The molecule has 0 heterocycles. The number of amides is 1. The minimum Gasteiger partial charge on any atom is -0.467 e. The summed E-state index contributed by atoms with van der Waals surface area (Å²) in [6, 6.07) is 6.96. The summed E-state index contributed by atoms with van der Waals surface area (Å²) in [6.45, 7) is 3.97. The summed E-state index contributed by atoms with van der Waals surface area (Å²) in [7, 11) is 1.32. The number of carbonyl (C=O) groups is 2. The highest BCUT2D eigenvalue weighted by atomic mass is 79.9. The SMILES string of the molecule is COC(=O)C(CC(C)C)NC(=O)/C=C/c1ccc(Br)cc1. The summed E-state index contributed by atoms with van der Waals surface area (Å²) in [6.07, 6.45) is 3.66. The first-order valence-corrected chi connectivity index (χ1v) is 7.53. The van der Waals surface area contributed by atoms with E-state index < -0.39 is 12.0 Å². The third-order valence-corrected chi connectivity index (χ3v) is 3.34.